The van der Waals surface area contributed by atoms with Crippen molar-refractivity contribution in [2.45, 2.75) is 39.7 Å². The highest BCUT2D eigenvalue weighted by Gasteiger charge is 2.14. The summed E-state index contributed by atoms with van der Waals surface area (Å²) >= 11 is 0. The molecule has 0 aliphatic rings. The maximum Gasteiger partial charge on any atom is 0.236 e. The predicted molar refractivity (Wildman–Crippen MR) is 94.4 cm³/mol. The van der Waals surface area contributed by atoms with Gasteiger partial charge in [0.05, 0.1) is 6.04 Å². The molecular weight excluding hydrogens is 298 g/mol. The number of fused-ring (bicyclic) bond motifs is 1. The number of carbonyl (C=O) groups is 1. The second-order valence-electron chi connectivity index (χ2n) is 6.09. The number of rotatable bonds is 6. The van der Waals surface area contributed by atoms with Gasteiger partial charge in [0, 0.05) is 23.6 Å². The summed E-state index contributed by atoms with van der Waals surface area (Å²) in [5.41, 5.74) is 9.51. The zero-order valence-corrected chi connectivity index (χ0v) is 14.3. The molecule has 0 radical (unpaired) electrons. The van der Waals surface area contributed by atoms with E-state index in [4.69, 9.17) is 5.73 Å². The molecule has 0 saturated carbocycles. The van der Waals surface area contributed by atoms with Gasteiger partial charge in [0.1, 0.15) is 0 Å². The zero-order chi connectivity index (χ0) is 15.4. The Morgan fingerprint density at radius 2 is 2.09 bits per heavy atom. The van der Waals surface area contributed by atoms with Crippen LogP contribution in [-0.2, 0) is 11.2 Å². The van der Waals surface area contributed by atoms with E-state index in [2.05, 4.69) is 49.3 Å². The van der Waals surface area contributed by atoms with Crippen molar-refractivity contribution in [3.8, 4) is 0 Å². The standard InChI is InChI=1S/C17H25N3O.ClH/c1-11(2)9-15(18)17(21)19-8-7-13-10-20-16-12(3)5-4-6-14(13)16;/h4-6,10-11,15,20H,7-9,18H2,1-3H3,(H,19,21);1H/t15-;/m0./s1. The van der Waals surface area contributed by atoms with Crippen molar-refractivity contribution in [3.05, 3.63) is 35.5 Å². The summed E-state index contributed by atoms with van der Waals surface area (Å²) in [6.45, 7) is 6.85. The molecule has 122 valence electrons. The molecule has 1 atom stereocenters. The number of halogens is 1. The summed E-state index contributed by atoms with van der Waals surface area (Å²) in [5.74, 6) is 0.377. The highest BCUT2D eigenvalue weighted by Crippen LogP contribution is 2.21. The molecule has 1 heterocycles. The zero-order valence-electron chi connectivity index (χ0n) is 13.5. The molecule has 4 N–H and O–H groups in total. The van der Waals surface area contributed by atoms with Crippen molar-refractivity contribution in [2.75, 3.05) is 6.54 Å². The molecule has 2 rings (SSSR count). The van der Waals surface area contributed by atoms with Gasteiger partial charge in [-0.3, -0.25) is 4.79 Å². The summed E-state index contributed by atoms with van der Waals surface area (Å²) in [6, 6.07) is 5.86. The minimum Gasteiger partial charge on any atom is -0.361 e. The fourth-order valence-electron chi connectivity index (χ4n) is 2.64. The van der Waals surface area contributed by atoms with Gasteiger partial charge in [-0.2, -0.15) is 0 Å². The average Bonchev–Trinajstić information content (AvgIpc) is 2.83. The number of hydrogen-bond acceptors (Lipinski definition) is 2. The molecular formula is C17H26ClN3O. The van der Waals surface area contributed by atoms with Crippen molar-refractivity contribution in [1.82, 2.24) is 10.3 Å². The van der Waals surface area contributed by atoms with Crippen molar-refractivity contribution < 1.29 is 4.79 Å². The van der Waals surface area contributed by atoms with Gasteiger partial charge in [-0.15, -0.1) is 12.4 Å². The van der Waals surface area contributed by atoms with Gasteiger partial charge in [-0.25, -0.2) is 0 Å². The number of nitrogens with two attached hydrogens (primary N) is 1. The lowest BCUT2D eigenvalue weighted by Crippen LogP contribution is -2.42. The SMILES string of the molecule is Cc1cccc2c(CCNC(=O)[C@@H](N)CC(C)C)c[nH]c12.Cl. The van der Waals surface area contributed by atoms with E-state index in [-0.39, 0.29) is 18.3 Å². The van der Waals surface area contributed by atoms with E-state index >= 15 is 0 Å². The van der Waals surface area contributed by atoms with Gasteiger partial charge in [0.2, 0.25) is 5.91 Å². The summed E-state index contributed by atoms with van der Waals surface area (Å²) in [4.78, 5) is 15.2. The molecule has 0 bridgehead atoms. The monoisotopic (exact) mass is 323 g/mol. The fraction of sp³-hybridized carbons (Fsp3) is 0.471. The Morgan fingerprint density at radius 3 is 2.77 bits per heavy atom. The lowest BCUT2D eigenvalue weighted by Gasteiger charge is -2.13. The largest absolute Gasteiger partial charge is 0.361 e. The third kappa shape index (κ3) is 4.49. The normalized spacial score (nSPS) is 12.2. The number of amides is 1. The Hall–Kier alpha value is -1.52. The first-order valence-electron chi connectivity index (χ1n) is 7.58. The molecule has 0 saturated heterocycles. The second kappa shape index (κ2) is 8.20. The second-order valence-corrected chi connectivity index (χ2v) is 6.09. The highest BCUT2D eigenvalue weighted by atomic mass is 35.5. The van der Waals surface area contributed by atoms with Crippen molar-refractivity contribution in [3.63, 3.8) is 0 Å². The van der Waals surface area contributed by atoms with Crippen LogP contribution in [0, 0.1) is 12.8 Å². The van der Waals surface area contributed by atoms with Crippen LogP contribution < -0.4 is 11.1 Å². The number of H-pyrrole nitrogens is 1. The first-order valence-corrected chi connectivity index (χ1v) is 7.58. The third-order valence-corrected chi connectivity index (χ3v) is 3.77. The van der Waals surface area contributed by atoms with Crippen molar-refractivity contribution >= 4 is 29.2 Å². The number of hydrogen-bond donors (Lipinski definition) is 3. The summed E-state index contributed by atoms with van der Waals surface area (Å²) in [5, 5.41) is 4.16. The first kappa shape index (κ1) is 18.5. The van der Waals surface area contributed by atoms with Gasteiger partial charge in [0.15, 0.2) is 0 Å². The smallest absolute Gasteiger partial charge is 0.236 e. The number of aromatic nitrogens is 1. The molecule has 0 fully saturated rings. The Morgan fingerprint density at radius 1 is 1.36 bits per heavy atom. The van der Waals surface area contributed by atoms with Crippen molar-refractivity contribution in [1.29, 1.82) is 0 Å². The minimum absolute atomic E-state index is 0. The van der Waals surface area contributed by atoms with Crippen LogP contribution >= 0.6 is 12.4 Å². The summed E-state index contributed by atoms with van der Waals surface area (Å²) in [6.07, 6.45) is 3.56. The highest BCUT2D eigenvalue weighted by molar-refractivity contribution is 5.86. The molecule has 1 aromatic carbocycles. The van der Waals surface area contributed by atoms with Gasteiger partial charge in [-0.1, -0.05) is 32.0 Å². The molecule has 0 unspecified atom stereocenters. The average molecular weight is 324 g/mol. The number of carbonyl (C=O) groups excluding carboxylic acids is 1. The molecule has 22 heavy (non-hydrogen) atoms. The van der Waals surface area contributed by atoms with Gasteiger partial charge in [-0.05, 0) is 36.8 Å². The van der Waals surface area contributed by atoms with E-state index in [1.54, 1.807) is 0 Å². The molecule has 0 aliphatic heterocycles. The molecule has 4 nitrogen and oxygen atoms in total. The van der Waals surface area contributed by atoms with E-state index in [9.17, 15) is 4.79 Å². The van der Waals surface area contributed by atoms with E-state index < -0.39 is 6.04 Å². The third-order valence-electron chi connectivity index (χ3n) is 3.77. The number of para-hydroxylation sites is 1. The topological polar surface area (TPSA) is 70.9 Å². The fourth-order valence-corrected chi connectivity index (χ4v) is 2.64. The molecule has 0 aliphatic carbocycles. The maximum atomic E-state index is 11.9. The Labute approximate surface area is 138 Å². The van der Waals surface area contributed by atoms with Crippen LogP contribution in [0.15, 0.2) is 24.4 Å². The molecule has 2 aromatic rings. The Balaban J connectivity index is 0.00000242. The molecule has 0 spiro atoms. The van der Waals surface area contributed by atoms with Gasteiger partial charge in [0.25, 0.3) is 0 Å². The quantitative estimate of drug-likeness (QED) is 0.765. The van der Waals surface area contributed by atoms with E-state index in [0.29, 0.717) is 12.5 Å². The van der Waals surface area contributed by atoms with Crippen LogP contribution in [0.2, 0.25) is 0 Å². The van der Waals surface area contributed by atoms with Crippen LogP contribution in [0.5, 0.6) is 0 Å². The minimum atomic E-state index is -0.407. The first-order chi connectivity index (χ1) is 9.99. The van der Waals surface area contributed by atoms with Gasteiger partial charge < -0.3 is 16.0 Å². The van der Waals surface area contributed by atoms with Crippen LogP contribution in [0.4, 0.5) is 0 Å². The number of aromatic amines is 1. The predicted octanol–water partition coefficient (Wildman–Crippen LogP) is 2.93. The number of aryl methyl sites for hydroxylation is 1. The summed E-state index contributed by atoms with van der Waals surface area (Å²) < 4.78 is 0. The summed E-state index contributed by atoms with van der Waals surface area (Å²) in [7, 11) is 0. The molecule has 5 heteroatoms. The van der Waals surface area contributed by atoms with Crippen molar-refractivity contribution in [2.24, 2.45) is 11.7 Å². The van der Waals surface area contributed by atoms with E-state index in [1.165, 1.54) is 22.0 Å². The Kier molecular flexibility index (Phi) is 6.91. The molecule has 1 aromatic heterocycles. The van der Waals surface area contributed by atoms with E-state index in [0.717, 1.165) is 12.8 Å². The molecule has 1 amide bonds. The number of benzene rings is 1. The number of nitrogens with one attached hydrogen (secondary N) is 2. The van der Waals surface area contributed by atoms with Crippen LogP contribution in [-0.4, -0.2) is 23.5 Å². The lowest BCUT2D eigenvalue weighted by atomic mass is 10.0. The van der Waals surface area contributed by atoms with E-state index in [1.807, 2.05) is 6.20 Å². The van der Waals surface area contributed by atoms with Crippen LogP contribution in [0.3, 0.4) is 0 Å². The van der Waals surface area contributed by atoms with Gasteiger partial charge >= 0.3 is 0 Å². The van der Waals surface area contributed by atoms with Crippen LogP contribution in [0.1, 0.15) is 31.4 Å². The Bertz CT molecular complexity index is 621. The lowest BCUT2D eigenvalue weighted by molar-refractivity contribution is -0.122. The van der Waals surface area contributed by atoms with Crippen LogP contribution in [0.25, 0.3) is 10.9 Å². The maximum absolute atomic E-state index is 11.9.